The molecule has 0 fully saturated rings. The van der Waals surface area contributed by atoms with E-state index < -0.39 is 6.36 Å². The van der Waals surface area contributed by atoms with E-state index in [4.69, 9.17) is 5.73 Å². The normalized spacial score (nSPS) is 11.3. The number of hydrogen-bond donors (Lipinski definition) is 2. The van der Waals surface area contributed by atoms with Crippen LogP contribution in [0.3, 0.4) is 0 Å². The summed E-state index contributed by atoms with van der Waals surface area (Å²) in [5, 5.41) is 4.95. The van der Waals surface area contributed by atoms with E-state index in [1.54, 1.807) is 0 Å². The van der Waals surface area contributed by atoms with Crippen molar-refractivity contribution in [2.24, 2.45) is 0 Å². The summed E-state index contributed by atoms with van der Waals surface area (Å²) in [7, 11) is 0. The van der Waals surface area contributed by atoms with Gasteiger partial charge < -0.3 is 15.8 Å². The minimum atomic E-state index is -4.67. The molecule has 0 saturated carbocycles. The molecule has 102 valence electrons. The SMILES string of the molecule is Nc1ccsc1CNc1ccc(OC(F)(F)F)cc1. The highest BCUT2D eigenvalue weighted by Crippen LogP contribution is 2.25. The van der Waals surface area contributed by atoms with Crippen LogP contribution in [-0.4, -0.2) is 6.36 Å². The molecule has 0 aliphatic heterocycles. The minimum absolute atomic E-state index is 0.242. The molecule has 0 unspecified atom stereocenters. The fraction of sp³-hybridized carbons (Fsp3) is 0.167. The van der Waals surface area contributed by atoms with Gasteiger partial charge in [0, 0.05) is 16.3 Å². The van der Waals surface area contributed by atoms with Gasteiger partial charge in [0.2, 0.25) is 0 Å². The maximum absolute atomic E-state index is 12.0. The van der Waals surface area contributed by atoms with Crippen LogP contribution in [0, 0.1) is 0 Å². The van der Waals surface area contributed by atoms with Crippen molar-refractivity contribution in [1.82, 2.24) is 0 Å². The van der Waals surface area contributed by atoms with Gasteiger partial charge in [-0.15, -0.1) is 24.5 Å². The molecule has 3 nitrogen and oxygen atoms in total. The lowest BCUT2D eigenvalue weighted by Gasteiger charge is -2.10. The fourth-order valence-corrected chi connectivity index (χ4v) is 2.19. The molecule has 0 bridgehead atoms. The standard InChI is InChI=1S/C12H11F3N2OS/c13-12(14,15)18-9-3-1-8(2-4-9)17-7-11-10(16)5-6-19-11/h1-6,17H,7,16H2. The smallest absolute Gasteiger partial charge is 0.406 e. The third kappa shape index (κ3) is 4.06. The first-order chi connectivity index (χ1) is 8.94. The fourth-order valence-electron chi connectivity index (χ4n) is 1.45. The molecule has 0 atom stereocenters. The first-order valence-corrected chi connectivity index (χ1v) is 6.23. The van der Waals surface area contributed by atoms with Gasteiger partial charge in [-0.1, -0.05) is 0 Å². The number of nitrogens with one attached hydrogen (secondary N) is 1. The Balaban J connectivity index is 1.94. The van der Waals surface area contributed by atoms with E-state index in [0.717, 1.165) is 4.88 Å². The van der Waals surface area contributed by atoms with Crippen LogP contribution in [0.2, 0.25) is 0 Å². The van der Waals surface area contributed by atoms with Crippen molar-refractivity contribution < 1.29 is 17.9 Å². The Bertz CT molecular complexity index is 537. The monoisotopic (exact) mass is 288 g/mol. The first kappa shape index (κ1) is 13.5. The van der Waals surface area contributed by atoms with Gasteiger partial charge in [-0.2, -0.15) is 0 Å². The number of nitrogens with two attached hydrogens (primary N) is 1. The summed E-state index contributed by atoms with van der Waals surface area (Å²) < 4.78 is 39.7. The van der Waals surface area contributed by atoms with Crippen molar-refractivity contribution >= 4 is 22.7 Å². The molecular weight excluding hydrogens is 277 g/mol. The van der Waals surface area contributed by atoms with E-state index in [9.17, 15) is 13.2 Å². The van der Waals surface area contributed by atoms with Crippen molar-refractivity contribution in [3.63, 3.8) is 0 Å². The van der Waals surface area contributed by atoms with Crippen LogP contribution in [0.5, 0.6) is 5.75 Å². The molecule has 1 heterocycles. The van der Waals surface area contributed by atoms with Gasteiger partial charge in [0.05, 0.1) is 6.54 Å². The van der Waals surface area contributed by atoms with Gasteiger partial charge >= 0.3 is 6.36 Å². The van der Waals surface area contributed by atoms with E-state index in [1.807, 2.05) is 11.4 Å². The average molecular weight is 288 g/mol. The van der Waals surface area contributed by atoms with Crippen LogP contribution in [0.4, 0.5) is 24.5 Å². The largest absolute Gasteiger partial charge is 0.573 e. The molecule has 0 amide bonds. The van der Waals surface area contributed by atoms with E-state index >= 15 is 0 Å². The highest BCUT2D eigenvalue weighted by atomic mass is 32.1. The van der Waals surface area contributed by atoms with Gasteiger partial charge in [-0.3, -0.25) is 0 Å². The topological polar surface area (TPSA) is 47.3 Å². The lowest BCUT2D eigenvalue weighted by atomic mass is 10.3. The van der Waals surface area contributed by atoms with E-state index in [1.165, 1.54) is 35.6 Å². The maximum atomic E-state index is 12.0. The van der Waals surface area contributed by atoms with Crippen LogP contribution >= 0.6 is 11.3 Å². The number of ether oxygens (including phenoxy) is 1. The van der Waals surface area contributed by atoms with E-state index in [0.29, 0.717) is 17.9 Å². The quantitative estimate of drug-likeness (QED) is 0.898. The second-order valence-electron chi connectivity index (χ2n) is 3.72. The van der Waals surface area contributed by atoms with Gasteiger partial charge in [0.1, 0.15) is 5.75 Å². The number of halogens is 3. The number of nitrogen functional groups attached to an aromatic ring is 1. The Hall–Kier alpha value is -1.89. The molecule has 0 aliphatic carbocycles. The summed E-state index contributed by atoms with van der Waals surface area (Å²) in [6, 6.07) is 7.36. The summed E-state index contributed by atoms with van der Waals surface area (Å²) in [5.41, 5.74) is 7.12. The Labute approximate surface area is 111 Å². The molecule has 2 rings (SSSR count). The molecule has 0 radical (unpaired) electrons. The molecule has 1 aromatic heterocycles. The molecule has 7 heteroatoms. The van der Waals surface area contributed by atoms with Crippen molar-refractivity contribution in [2.45, 2.75) is 12.9 Å². The summed E-state index contributed by atoms with van der Waals surface area (Å²) in [4.78, 5) is 0.982. The Kier molecular flexibility index (Phi) is 3.84. The van der Waals surface area contributed by atoms with Gasteiger partial charge in [-0.25, -0.2) is 0 Å². The summed E-state index contributed by atoms with van der Waals surface area (Å²) in [5.74, 6) is -0.242. The van der Waals surface area contributed by atoms with Crippen LogP contribution in [0.1, 0.15) is 4.88 Å². The lowest BCUT2D eigenvalue weighted by molar-refractivity contribution is -0.274. The second-order valence-corrected chi connectivity index (χ2v) is 4.73. The average Bonchev–Trinajstić information content (AvgIpc) is 2.72. The zero-order valence-corrected chi connectivity index (χ0v) is 10.5. The lowest BCUT2D eigenvalue weighted by Crippen LogP contribution is -2.17. The van der Waals surface area contributed by atoms with Crippen LogP contribution < -0.4 is 15.8 Å². The van der Waals surface area contributed by atoms with Crippen molar-refractivity contribution in [3.05, 3.63) is 40.6 Å². The highest BCUT2D eigenvalue weighted by molar-refractivity contribution is 7.10. The zero-order chi connectivity index (χ0) is 13.9. The van der Waals surface area contributed by atoms with Gasteiger partial charge in [-0.05, 0) is 35.7 Å². The molecule has 0 aliphatic rings. The number of thiophene rings is 1. The van der Waals surface area contributed by atoms with Crippen molar-refractivity contribution in [1.29, 1.82) is 0 Å². The Morgan fingerprint density at radius 1 is 1.16 bits per heavy atom. The van der Waals surface area contributed by atoms with E-state index in [2.05, 4.69) is 10.1 Å². The van der Waals surface area contributed by atoms with Crippen molar-refractivity contribution in [2.75, 3.05) is 11.1 Å². The third-order valence-electron chi connectivity index (χ3n) is 2.32. The number of rotatable bonds is 4. The number of benzene rings is 1. The second kappa shape index (κ2) is 5.40. The van der Waals surface area contributed by atoms with Crippen LogP contribution in [0.25, 0.3) is 0 Å². The predicted octanol–water partition coefficient (Wildman–Crippen LogP) is 3.84. The predicted molar refractivity (Wildman–Crippen MR) is 69.2 cm³/mol. The number of alkyl halides is 3. The zero-order valence-electron chi connectivity index (χ0n) is 9.70. The highest BCUT2D eigenvalue weighted by Gasteiger charge is 2.30. The molecule has 0 spiro atoms. The Morgan fingerprint density at radius 3 is 2.37 bits per heavy atom. The minimum Gasteiger partial charge on any atom is -0.406 e. The molecule has 19 heavy (non-hydrogen) atoms. The number of anilines is 2. The van der Waals surface area contributed by atoms with Gasteiger partial charge in [0.25, 0.3) is 0 Å². The van der Waals surface area contributed by atoms with Crippen LogP contribution in [0.15, 0.2) is 35.7 Å². The summed E-state index contributed by atoms with van der Waals surface area (Å²) >= 11 is 1.52. The molecule has 0 saturated heterocycles. The molecule has 3 N–H and O–H groups in total. The van der Waals surface area contributed by atoms with Crippen molar-refractivity contribution in [3.8, 4) is 5.75 Å². The van der Waals surface area contributed by atoms with E-state index in [-0.39, 0.29) is 5.75 Å². The molecule has 1 aromatic carbocycles. The summed E-state index contributed by atoms with van der Waals surface area (Å²) in [6.45, 7) is 0.531. The Morgan fingerprint density at radius 2 is 1.84 bits per heavy atom. The van der Waals surface area contributed by atoms with Gasteiger partial charge in [0.15, 0.2) is 0 Å². The summed E-state index contributed by atoms with van der Waals surface area (Å²) in [6.07, 6.45) is -4.67. The number of hydrogen-bond acceptors (Lipinski definition) is 4. The van der Waals surface area contributed by atoms with Crippen LogP contribution in [-0.2, 0) is 6.54 Å². The first-order valence-electron chi connectivity index (χ1n) is 5.35. The molecular formula is C12H11F3N2OS. The molecule has 2 aromatic rings. The maximum Gasteiger partial charge on any atom is 0.573 e. The third-order valence-corrected chi connectivity index (χ3v) is 3.26.